The van der Waals surface area contributed by atoms with E-state index < -0.39 is 6.04 Å². The Labute approximate surface area is 190 Å². The molecule has 0 spiro atoms. The van der Waals surface area contributed by atoms with Gasteiger partial charge in [-0.3, -0.25) is 9.59 Å². The van der Waals surface area contributed by atoms with Crippen LogP contribution in [-0.4, -0.2) is 28.5 Å². The molecule has 0 aliphatic rings. The summed E-state index contributed by atoms with van der Waals surface area (Å²) in [6.07, 6.45) is 4.30. The number of thiazole rings is 1. The van der Waals surface area contributed by atoms with Gasteiger partial charge in [0.25, 0.3) is 0 Å². The molecule has 1 aromatic carbocycles. The molecule has 31 heavy (non-hydrogen) atoms. The van der Waals surface area contributed by atoms with Crippen LogP contribution >= 0.6 is 23.1 Å². The van der Waals surface area contributed by atoms with Crippen LogP contribution in [0.5, 0.6) is 0 Å². The average Bonchev–Trinajstić information content (AvgIpc) is 3.44. The van der Waals surface area contributed by atoms with Gasteiger partial charge in [0, 0.05) is 11.1 Å². The molecule has 6 nitrogen and oxygen atoms in total. The summed E-state index contributed by atoms with van der Waals surface area (Å²) >= 11 is 2.96. The summed E-state index contributed by atoms with van der Waals surface area (Å²) in [5.41, 5.74) is 1.64. The number of unbranched alkanes of at least 4 members (excludes halogenated alkanes) is 1. The molecule has 2 heterocycles. The van der Waals surface area contributed by atoms with Crippen molar-refractivity contribution in [2.45, 2.75) is 44.4 Å². The van der Waals surface area contributed by atoms with Gasteiger partial charge in [0.15, 0.2) is 10.9 Å². The van der Waals surface area contributed by atoms with Crippen molar-refractivity contribution in [1.82, 2.24) is 10.3 Å². The van der Waals surface area contributed by atoms with Crippen molar-refractivity contribution in [3.63, 3.8) is 0 Å². The maximum absolute atomic E-state index is 12.7. The lowest BCUT2D eigenvalue weighted by Crippen LogP contribution is -2.42. The molecular formula is C23H27N3O3S2. The second-order valence-corrected chi connectivity index (χ2v) is 8.96. The van der Waals surface area contributed by atoms with Gasteiger partial charge in [-0.05, 0) is 30.7 Å². The zero-order chi connectivity index (χ0) is 21.9. The summed E-state index contributed by atoms with van der Waals surface area (Å²) in [6, 6.07) is 13.0. The second-order valence-electron chi connectivity index (χ2n) is 7.11. The summed E-state index contributed by atoms with van der Waals surface area (Å²) in [5, 5.41) is 8.76. The quantitative estimate of drug-likeness (QED) is 0.367. The van der Waals surface area contributed by atoms with Crippen LogP contribution in [0.3, 0.4) is 0 Å². The van der Waals surface area contributed by atoms with E-state index in [1.165, 1.54) is 23.1 Å². The lowest BCUT2D eigenvalue weighted by Gasteiger charge is -2.17. The summed E-state index contributed by atoms with van der Waals surface area (Å²) in [6.45, 7) is 2.07. The van der Waals surface area contributed by atoms with Gasteiger partial charge in [-0.2, -0.15) is 0 Å². The number of benzene rings is 1. The first-order valence-corrected chi connectivity index (χ1v) is 12.4. The molecule has 8 heteroatoms. The molecular weight excluding hydrogens is 430 g/mol. The third kappa shape index (κ3) is 7.88. The molecule has 0 fully saturated rings. The number of nitrogens with one attached hydrogen (secondary N) is 2. The number of anilines is 2. The number of hydrogen-bond acceptors (Lipinski definition) is 7. The second kappa shape index (κ2) is 12.3. The normalized spacial score (nSPS) is 11.8. The number of thioether (sulfide) groups is 1. The Kier molecular flexibility index (Phi) is 9.17. The van der Waals surface area contributed by atoms with Crippen LogP contribution in [0.1, 0.15) is 37.6 Å². The molecule has 0 unspecified atom stereocenters. The number of nitrogens with zero attached hydrogens (tertiary/aromatic N) is 1. The number of Topliss-reactive ketones (excluding diaryl/α,β-unsaturated/α-hetero) is 1. The Balaban J connectivity index is 1.49. The van der Waals surface area contributed by atoms with Gasteiger partial charge in [0.05, 0.1) is 35.9 Å². The first kappa shape index (κ1) is 23.1. The van der Waals surface area contributed by atoms with Crippen molar-refractivity contribution in [2.24, 2.45) is 0 Å². The van der Waals surface area contributed by atoms with Gasteiger partial charge in [0.1, 0.15) is 5.76 Å². The monoisotopic (exact) mass is 457 g/mol. The molecule has 3 rings (SSSR count). The number of amides is 1. The maximum atomic E-state index is 12.7. The number of carbonyl (C=O) groups excluding carboxylic acids is 2. The van der Waals surface area contributed by atoms with Crippen LogP contribution in [0.4, 0.5) is 10.8 Å². The standard InChI is InChI=1S/C23H27N3O3S2/c1-2-3-11-20(21(27)16-30-15-19-10-7-12-29-19)26-22(28)13-18-14-31-23(25-18)24-17-8-5-4-6-9-17/h4-10,12,14,20H,2-3,11,13,15-16H2,1H3,(H,24,25)(H,26,28)/t20-/m0/s1. The zero-order valence-electron chi connectivity index (χ0n) is 17.5. The molecule has 0 aliphatic carbocycles. The predicted molar refractivity (Wildman–Crippen MR) is 127 cm³/mol. The third-order valence-corrected chi connectivity index (χ3v) is 6.34. The molecule has 0 saturated carbocycles. The highest BCUT2D eigenvalue weighted by molar-refractivity contribution is 7.99. The molecule has 0 bridgehead atoms. The fourth-order valence-corrected chi connectivity index (χ4v) is 4.57. The highest BCUT2D eigenvalue weighted by atomic mass is 32.2. The summed E-state index contributed by atoms with van der Waals surface area (Å²) in [7, 11) is 0. The maximum Gasteiger partial charge on any atom is 0.226 e. The van der Waals surface area contributed by atoms with Gasteiger partial charge in [-0.15, -0.1) is 23.1 Å². The fraction of sp³-hybridized carbons (Fsp3) is 0.348. The minimum absolute atomic E-state index is 0.0445. The Bertz CT molecular complexity index is 942. The SMILES string of the molecule is CCCC[C@H](NC(=O)Cc1csc(Nc2ccccc2)n1)C(=O)CSCc1ccco1. The summed E-state index contributed by atoms with van der Waals surface area (Å²) < 4.78 is 5.30. The number of rotatable bonds is 13. The largest absolute Gasteiger partial charge is 0.468 e. The third-order valence-electron chi connectivity index (χ3n) is 4.56. The molecule has 0 aliphatic heterocycles. The minimum Gasteiger partial charge on any atom is -0.468 e. The number of para-hydroxylation sites is 1. The number of hydrogen-bond donors (Lipinski definition) is 2. The van der Waals surface area contributed by atoms with E-state index in [4.69, 9.17) is 4.42 Å². The van der Waals surface area contributed by atoms with Crippen molar-refractivity contribution in [3.05, 3.63) is 65.6 Å². The van der Waals surface area contributed by atoms with Crippen LogP contribution in [0, 0.1) is 0 Å². The van der Waals surface area contributed by atoms with Gasteiger partial charge in [-0.25, -0.2) is 4.98 Å². The van der Waals surface area contributed by atoms with E-state index in [-0.39, 0.29) is 18.1 Å². The number of aromatic nitrogens is 1. The number of carbonyl (C=O) groups is 2. The van der Waals surface area contributed by atoms with Crippen molar-refractivity contribution in [3.8, 4) is 0 Å². The van der Waals surface area contributed by atoms with Gasteiger partial charge in [-0.1, -0.05) is 38.0 Å². The minimum atomic E-state index is -0.461. The number of ketones is 1. The molecule has 164 valence electrons. The van der Waals surface area contributed by atoms with Gasteiger partial charge < -0.3 is 15.1 Å². The zero-order valence-corrected chi connectivity index (χ0v) is 19.1. The average molecular weight is 458 g/mol. The van der Waals surface area contributed by atoms with E-state index in [0.717, 1.165) is 29.4 Å². The lowest BCUT2D eigenvalue weighted by atomic mass is 10.1. The lowest BCUT2D eigenvalue weighted by molar-refractivity contribution is -0.126. The summed E-state index contributed by atoms with van der Waals surface area (Å²) in [4.78, 5) is 29.7. The van der Waals surface area contributed by atoms with Crippen LogP contribution in [0.15, 0.2) is 58.5 Å². The van der Waals surface area contributed by atoms with E-state index in [2.05, 4.69) is 22.5 Å². The highest BCUT2D eigenvalue weighted by Gasteiger charge is 2.21. The van der Waals surface area contributed by atoms with E-state index >= 15 is 0 Å². The van der Waals surface area contributed by atoms with Crippen molar-refractivity contribution in [2.75, 3.05) is 11.1 Å². The highest BCUT2D eigenvalue weighted by Crippen LogP contribution is 2.21. The van der Waals surface area contributed by atoms with Gasteiger partial charge in [0.2, 0.25) is 5.91 Å². The Morgan fingerprint density at radius 3 is 2.77 bits per heavy atom. The van der Waals surface area contributed by atoms with Crippen molar-refractivity contribution in [1.29, 1.82) is 0 Å². The molecule has 3 aromatic rings. The molecule has 1 atom stereocenters. The fourth-order valence-electron chi connectivity index (χ4n) is 2.97. The Morgan fingerprint density at radius 2 is 2.03 bits per heavy atom. The molecule has 0 saturated heterocycles. The van der Waals surface area contributed by atoms with Crippen LogP contribution in [-0.2, 0) is 21.8 Å². The smallest absolute Gasteiger partial charge is 0.226 e. The van der Waals surface area contributed by atoms with Gasteiger partial charge >= 0.3 is 0 Å². The Hall–Kier alpha value is -2.58. The number of furan rings is 1. The van der Waals surface area contributed by atoms with E-state index in [9.17, 15) is 9.59 Å². The Morgan fingerprint density at radius 1 is 1.19 bits per heavy atom. The first-order valence-electron chi connectivity index (χ1n) is 10.3. The van der Waals surface area contributed by atoms with E-state index in [1.807, 2.05) is 47.8 Å². The first-order chi connectivity index (χ1) is 15.1. The predicted octanol–water partition coefficient (Wildman–Crippen LogP) is 5.20. The van der Waals surface area contributed by atoms with Crippen LogP contribution in [0.2, 0.25) is 0 Å². The van der Waals surface area contributed by atoms with E-state index in [0.29, 0.717) is 23.6 Å². The van der Waals surface area contributed by atoms with E-state index in [1.54, 1.807) is 6.26 Å². The van der Waals surface area contributed by atoms with Crippen molar-refractivity contribution >= 4 is 45.6 Å². The molecule has 2 aromatic heterocycles. The van der Waals surface area contributed by atoms with Crippen molar-refractivity contribution < 1.29 is 14.0 Å². The van der Waals surface area contributed by atoms with Crippen LogP contribution < -0.4 is 10.6 Å². The van der Waals surface area contributed by atoms with Crippen LogP contribution in [0.25, 0.3) is 0 Å². The molecule has 2 N–H and O–H groups in total. The topological polar surface area (TPSA) is 84.2 Å². The summed E-state index contributed by atoms with van der Waals surface area (Å²) in [5.74, 6) is 1.70. The molecule has 1 amide bonds. The molecule has 0 radical (unpaired) electrons.